The zero-order valence-corrected chi connectivity index (χ0v) is 8.67. The Hall–Kier alpha value is 2.40. The molecule has 0 N–H and O–H groups in total. The third-order valence-electron chi connectivity index (χ3n) is 0. The Morgan fingerprint density at radius 3 is 0.571 bits per heavy atom. The predicted octanol–water partition coefficient (Wildman–Crippen LogP) is 4.13. The molecule has 0 radical (unpaired) electrons. The quantitative estimate of drug-likeness (QED) is 0.589. The van der Waals surface area contributed by atoms with E-state index in [-0.39, 0.29) is 0 Å². The van der Waals surface area contributed by atoms with Crippen LogP contribution in [0.2, 0.25) is 0 Å². The van der Waals surface area contributed by atoms with Gasteiger partial charge in [0, 0.05) is 0 Å². The Bertz CT molecular complexity index is 62.7. The molecule has 0 saturated heterocycles. The second-order valence-corrected chi connectivity index (χ2v) is 36.1. The molecule has 0 aliphatic rings. The molecule has 0 fully saturated rings. The Morgan fingerprint density at radius 2 is 0.571 bits per heavy atom. The van der Waals surface area contributed by atoms with Crippen LogP contribution in [0.1, 0.15) is 0 Å². The molecule has 52 valence electrons. The van der Waals surface area contributed by atoms with Crippen molar-refractivity contribution >= 4 is 57.2 Å². The molecule has 7 heavy (non-hydrogen) atoms. The summed E-state index contributed by atoms with van der Waals surface area (Å²) in [4.78, 5) is 0. The van der Waals surface area contributed by atoms with Crippen molar-refractivity contribution in [2.45, 2.75) is 0 Å². The van der Waals surface area contributed by atoms with Crippen LogP contribution in [0.5, 0.6) is 0 Å². The van der Waals surface area contributed by atoms with Gasteiger partial charge in [0.05, 0.1) is 0 Å². The van der Waals surface area contributed by atoms with E-state index in [1.165, 1.54) is 0 Å². The van der Waals surface area contributed by atoms with Crippen molar-refractivity contribution in [3.05, 3.63) is 0 Å². The van der Waals surface area contributed by atoms with Crippen LogP contribution in [-0.4, -0.2) is 0 Å². The van der Waals surface area contributed by atoms with E-state index < -0.39 is 6.97 Å². The van der Waals surface area contributed by atoms with Gasteiger partial charge in [0.25, 0.3) is 0 Å². The molecule has 0 aromatic rings. The molecule has 0 aliphatic carbocycles. The van der Waals surface area contributed by atoms with Gasteiger partial charge in [-0.05, 0) is 0 Å². The SMILES string of the molecule is [Cl][Pd]([Cl])([Cl])([Cl])([Cl])[Cl]. The molecule has 7 heteroatoms. The van der Waals surface area contributed by atoms with Gasteiger partial charge >= 0.3 is 64.1 Å². The summed E-state index contributed by atoms with van der Waals surface area (Å²) < 4.78 is 0. The van der Waals surface area contributed by atoms with Crippen molar-refractivity contribution < 1.29 is 6.97 Å². The van der Waals surface area contributed by atoms with Gasteiger partial charge in [0.15, 0.2) is 0 Å². The van der Waals surface area contributed by atoms with Gasteiger partial charge in [-0.3, -0.25) is 0 Å². The zero-order valence-electron chi connectivity index (χ0n) is 2.58. The van der Waals surface area contributed by atoms with Crippen LogP contribution in [0, 0.1) is 0 Å². The van der Waals surface area contributed by atoms with Gasteiger partial charge in [0.2, 0.25) is 0 Å². The molecular weight excluding hydrogens is 319 g/mol. The fourth-order valence-corrected chi connectivity index (χ4v) is 0. The second kappa shape index (κ2) is 1.52. The van der Waals surface area contributed by atoms with Crippen LogP contribution in [-0.2, 0) is 6.97 Å². The molecule has 0 rings (SSSR count). The maximum absolute atomic E-state index is 5.08. The number of halogens is 6. The van der Waals surface area contributed by atoms with Crippen molar-refractivity contribution in [1.29, 1.82) is 0 Å². The molecule has 0 heterocycles. The summed E-state index contributed by atoms with van der Waals surface area (Å²) >= 11 is 0. The van der Waals surface area contributed by atoms with Crippen LogP contribution in [0.15, 0.2) is 0 Å². The van der Waals surface area contributed by atoms with Crippen molar-refractivity contribution in [2.75, 3.05) is 0 Å². The van der Waals surface area contributed by atoms with Crippen molar-refractivity contribution in [1.82, 2.24) is 0 Å². The Labute approximate surface area is 63.3 Å². The first kappa shape index (κ1) is 9.40. The monoisotopic (exact) mass is 316 g/mol. The minimum absolute atomic E-state index is 5.03. The van der Waals surface area contributed by atoms with E-state index in [0.29, 0.717) is 0 Å². The third kappa shape index (κ3) is 59.7. The van der Waals surface area contributed by atoms with Gasteiger partial charge < -0.3 is 0 Å². The fraction of sp³-hybridized carbons (Fsp3) is 0. The summed E-state index contributed by atoms with van der Waals surface area (Å²) in [5, 5.41) is 0. The van der Waals surface area contributed by atoms with Crippen LogP contribution in [0.4, 0.5) is 0 Å². The number of rotatable bonds is 0. The standard InChI is InChI=1S/6ClH.Pd/h6*1H;/q;;;;;;+6/p-6. The van der Waals surface area contributed by atoms with E-state index in [1.807, 2.05) is 0 Å². The van der Waals surface area contributed by atoms with E-state index >= 15 is 0 Å². The summed E-state index contributed by atoms with van der Waals surface area (Å²) in [6.07, 6.45) is 0. The van der Waals surface area contributed by atoms with E-state index in [2.05, 4.69) is 0 Å². The number of hydrogen-bond donors (Lipinski definition) is 0. The molecular formula is Cl6Pd. The average Bonchev–Trinajstić information content (AvgIpc) is 0.592. The normalized spacial score (nSPS) is 23.1. The minimum atomic E-state index is -5.08. The van der Waals surface area contributed by atoms with Crippen molar-refractivity contribution in [2.24, 2.45) is 0 Å². The van der Waals surface area contributed by atoms with Gasteiger partial charge in [0.1, 0.15) is 0 Å². The summed E-state index contributed by atoms with van der Waals surface area (Å²) in [6.45, 7) is -5.08. The van der Waals surface area contributed by atoms with E-state index in [0.717, 1.165) is 0 Å². The topological polar surface area (TPSA) is 0 Å². The average molecular weight is 319 g/mol. The molecule has 0 saturated carbocycles. The molecule has 0 aromatic carbocycles. The third-order valence-corrected chi connectivity index (χ3v) is 0. The molecule has 0 amide bonds. The fourth-order valence-electron chi connectivity index (χ4n) is 0. The van der Waals surface area contributed by atoms with Gasteiger partial charge in [-0.1, -0.05) is 0 Å². The first-order valence-corrected chi connectivity index (χ1v) is 12.7. The Kier molecular flexibility index (Phi) is 2.04. The molecule has 0 atom stereocenters. The van der Waals surface area contributed by atoms with Crippen LogP contribution in [0.25, 0.3) is 0 Å². The maximum atomic E-state index is 5.03. The zero-order chi connectivity index (χ0) is 6.41. The summed E-state index contributed by atoms with van der Waals surface area (Å²) in [7, 11) is 30.2. The Morgan fingerprint density at radius 1 is 0.571 bits per heavy atom. The van der Waals surface area contributed by atoms with Crippen LogP contribution in [0.3, 0.4) is 0 Å². The van der Waals surface area contributed by atoms with Crippen molar-refractivity contribution in [3.63, 3.8) is 0 Å². The molecule has 0 spiro atoms. The molecule has 0 bridgehead atoms. The first-order valence-electron chi connectivity index (χ1n) is 0.717. The molecule has 0 aromatic heterocycles. The van der Waals surface area contributed by atoms with E-state index in [9.17, 15) is 0 Å². The summed E-state index contributed by atoms with van der Waals surface area (Å²) in [5.41, 5.74) is 0. The Balaban J connectivity index is 4.43. The van der Waals surface area contributed by atoms with E-state index in [4.69, 9.17) is 57.2 Å². The summed E-state index contributed by atoms with van der Waals surface area (Å²) in [5.74, 6) is 0. The first-order chi connectivity index (χ1) is 2.45. The number of hydrogen-bond acceptors (Lipinski definition) is 0. The van der Waals surface area contributed by atoms with E-state index in [1.54, 1.807) is 0 Å². The van der Waals surface area contributed by atoms with Crippen LogP contribution >= 0.6 is 57.2 Å². The van der Waals surface area contributed by atoms with Gasteiger partial charge in [-0.25, -0.2) is 0 Å². The second-order valence-electron chi connectivity index (χ2n) is 0.678. The van der Waals surface area contributed by atoms with Crippen molar-refractivity contribution in [3.8, 4) is 0 Å². The predicted molar refractivity (Wildman–Crippen MR) is 35.1 cm³/mol. The van der Waals surface area contributed by atoms with Crippen LogP contribution < -0.4 is 0 Å². The van der Waals surface area contributed by atoms with Gasteiger partial charge in [-0.2, -0.15) is 0 Å². The molecule has 0 nitrogen and oxygen atoms in total. The van der Waals surface area contributed by atoms with Gasteiger partial charge in [-0.15, -0.1) is 0 Å². The molecule has 0 unspecified atom stereocenters. The summed E-state index contributed by atoms with van der Waals surface area (Å²) in [6, 6.07) is 0. The molecule has 0 aliphatic heterocycles.